The number of aromatic nitrogens is 1. The zero-order valence-electron chi connectivity index (χ0n) is 15.0. The van der Waals surface area contributed by atoms with Crippen LogP contribution in [0.25, 0.3) is 0 Å². The zero-order chi connectivity index (χ0) is 18.7. The second-order valence-corrected chi connectivity index (χ2v) is 8.57. The smallest absolute Gasteiger partial charge is 0.253 e. The van der Waals surface area contributed by atoms with Crippen molar-refractivity contribution in [2.45, 2.75) is 37.6 Å². The van der Waals surface area contributed by atoms with E-state index in [1.807, 2.05) is 26.0 Å². The summed E-state index contributed by atoms with van der Waals surface area (Å²) in [6.45, 7) is 4.56. The standard InChI is InChI=1S/C19H23N3O3S/c1-14-5-6-18(15(2)12-14)26(24,25)22-10-7-17(8-11-22)21-19(23)16-4-3-9-20-13-16/h3-6,9,12-13,17H,7-8,10-11H2,1-2H3,(H,21,23). The van der Waals surface area contributed by atoms with E-state index in [4.69, 9.17) is 0 Å². The van der Waals surface area contributed by atoms with Crippen molar-refractivity contribution in [1.82, 2.24) is 14.6 Å². The number of sulfonamides is 1. The number of pyridine rings is 1. The summed E-state index contributed by atoms with van der Waals surface area (Å²) in [4.78, 5) is 16.5. The minimum absolute atomic E-state index is 0.0340. The Bertz CT molecular complexity index is 890. The second-order valence-electron chi connectivity index (χ2n) is 6.66. The Morgan fingerprint density at radius 1 is 1.19 bits per heavy atom. The van der Waals surface area contributed by atoms with E-state index < -0.39 is 10.0 Å². The fourth-order valence-corrected chi connectivity index (χ4v) is 4.91. The normalized spacial score (nSPS) is 16.4. The molecule has 1 fully saturated rings. The first kappa shape index (κ1) is 18.5. The number of carbonyl (C=O) groups excluding carboxylic acids is 1. The lowest BCUT2D eigenvalue weighted by molar-refractivity contribution is 0.0923. The molecule has 0 unspecified atom stereocenters. The Morgan fingerprint density at radius 2 is 1.92 bits per heavy atom. The van der Waals surface area contributed by atoms with Gasteiger partial charge in [-0.25, -0.2) is 8.42 Å². The maximum absolute atomic E-state index is 12.9. The van der Waals surface area contributed by atoms with Gasteiger partial charge in [0, 0.05) is 31.5 Å². The highest BCUT2D eigenvalue weighted by Gasteiger charge is 2.30. The molecular weight excluding hydrogens is 350 g/mol. The second kappa shape index (κ2) is 7.55. The van der Waals surface area contributed by atoms with Crippen molar-refractivity contribution in [1.29, 1.82) is 0 Å². The van der Waals surface area contributed by atoms with Crippen LogP contribution in [-0.4, -0.2) is 42.7 Å². The molecule has 1 aliphatic heterocycles. The average molecular weight is 373 g/mol. The molecule has 7 heteroatoms. The molecule has 1 saturated heterocycles. The Labute approximate surface area is 154 Å². The van der Waals surface area contributed by atoms with Gasteiger partial charge in [-0.3, -0.25) is 9.78 Å². The largest absolute Gasteiger partial charge is 0.349 e. The van der Waals surface area contributed by atoms with E-state index in [9.17, 15) is 13.2 Å². The van der Waals surface area contributed by atoms with Gasteiger partial charge in [-0.1, -0.05) is 17.7 Å². The van der Waals surface area contributed by atoms with Gasteiger partial charge in [0.25, 0.3) is 5.91 Å². The molecule has 1 aromatic carbocycles. The van der Waals surface area contributed by atoms with Gasteiger partial charge in [0.1, 0.15) is 0 Å². The van der Waals surface area contributed by atoms with Gasteiger partial charge in [0.05, 0.1) is 10.5 Å². The Kier molecular flexibility index (Phi) is 5.38. The summed E-state index contributed by atoms with van der Waals surface area (Å²) in [5.41, 5.74) is 2.31. The first-order chi connectivity index (χ1) is 12.4. The molecule has 1 aromatic heterocycles. The average Bonchev–Trinajstić information content (AvgIpc) is 2.62. The number of aryl methyl sites for hydroxylation is 2. The molecule has 0 aliphatic carbocycles. The summed E-state index contributed by atoms with van der Waals surface area (Å²) in [7, 11) is -3.50. The molecule has 3 rings (SSSR count). The van der Waals surface area contributed by atoms with Crippen LogP contribution in [0.3, 0.4) is 0 Å². The van der Waals surface area contributed by atoms with Gasteiger partial charge in [-0.15, -0.1) is 0 Å². The number of nitrogens with zero attached hydrogens (tertiary/aromatic N) is 2. The van der Waals surface area contributed by atoms with Crippen molar-refractivity contribution >= 4 is 15.9 Å². The molecule has 1 aliphatic rings. The predicted molar refractivity (Wildman–Crippen MR) is 99.4 cm³/mol. The van der Waals surface area contributed by atoms with Gasteiger partial charge in [0.15, 0.2) is 0 Å². The highest BCUT2D eigenvalue weighted by Crippen LogP contribution is 2.24. The summed E-state index contributed by atoms with van der Waals surface area (Å²) in [5.74, 6) is -0.172. The lowest BCUT2D eigenvalue weighted by atomic mass is 10.1. The minimum Gasteiger partial charge on any atom is -0.349 e. The van der Waals surface area contributed by atoms with Crippen LogP contribution < -0.4 is 5.32 Å². The third-order valence-corrected chi connectivity index (χ3v) is 6.72. The molecule has 26 heavy (non-hydrogen) atoms. The quantitative estimate of drug-likeness (QED) is 0.892. The molecule has 2 heterocycles. The number of piperidine rings is 1. The zero-order valence-corrected chi connectivity index (χ0v) is 15.8. The highest BCUT2D eigenvalue weighted by molar-refractivity contribution is 7.89. The Balaban J connectivity index is 1.63. The van der Waals surface area contributed by atoms with Crippen LogP contribution in [0.1, 0.15) is 34.3 Å². The van der Waals surface area contributed by atoms with E-state index in [1.165, 1.54) is 10.5 Å². The van der Waals surface area contributed by atoms with E-state index in [1.54, 1.807) is 24.4 Å². The van der Waals surface area contributed by atoms with Crippen molar-refractivity contribution in [2.24, 2.45) is 0 Å². The number of hydrogen-bond acceptors (Lipinski definition) is 4. The maximum atomic E-state index is 12.9. The number of carbonyl (C=O) groups is 1. The maximum Gasteiger partial charge on any atom is 0.253 e. The van der Waals surface area contributed by atoms with Crippen molar-refractivity contribution in [2.75, 3.05) is 13.1 Å². The molecule has 138 valence electrons. The number of rotatable bonds is 4. The first-order valence-corrected chi connectivity index (χ1v) is 10.1. The van der Waals surface area contributed by atoms with Crippen molar-refractivity contribution < 1.29 is 13.2 Å². The number of nitrogens with one attached hydrogen (secondary N) is 1. The van der Waals surface area contributed by atoms with E-state index in [0.29, 0.717) is 36.4 Å². The Morgan fingerprint density at radius 3 is 2.54 bits per heavy atom. The fourth-order valence-electron chi connectivity index (χ4n) is 3.23. The fraction of sp³-hybridized carbons (Fsp3) is 0.368. The van der Waals surface area contributed by atoms with Crippen LogP contribution in [0, 0.1) is 13.8 Å². The first-order valence-electron chi connectivity index (χ1n) is 8.66. The van der Waals surface area contributed by atoms with Crippen LogP contribution in [0.4, 0.5) is 0 Å². The van der Waals surface area contributed by atoms with Crippen LogP contribution in [0.15, 0.2) is 47.6 Å². The van der Waals surface area contributed by atoms with E-state index in [0.717, 1.165) is 11.1 Å². The van der Waals surface area contributed by atoms with Gasteiger partial charge < -0.3 is 5.32 Å². The van der Waals surface area contributed by atoms with Gasteiger partial charge in [-0.2, -0.15) is 4.31 Å². The van der Waals surface area contributed by atoms with Crippen molar-refractivity contribution in [3.8, 4) is 0 Å². The topological polar surface area (TPSA) is 79.4 Å². The molecule has 0 radical (unpaired) electrons. The third kappa shape index (κ3) is 3.94. The predicted octanol–water partition coefficient (Wildman–Crippen LogP) is 2.28. The van der Waals surface area contributed by atoms with E-state index in [2.05, 4.69) is 10.3 Å². The molecule has 0 spiro atoms. The van der Waals surface area contributed by atoms with Crippen LogP contribution in [0.2, 0.25) is 0 Å². The molecular formula is C19H23N3O3S. The van der Waals surface area contributed by atoms with Crippen LogP contribution in [-0.2, 0) is 10.0 Å². The monoisotopic (exact) mass is 373 g/mol. The third-order valence-electron chi connectivity index (χ3n) is 4.66. The van der Waals surface area contributed by atoms with E-state index >= 15 is 0 Å². The van der Waals surface area contributed by atoms with Gasteiger partial charge in [0.2, 0.25) is 10.0 Å². The summed E-state index contributed by atoms with van der Waals surface area (Å²) < 4.78 is 27.3. The highest BCUT2D eigenvalue weighted by atomic mass is 32.2. The summed E-state index contributed by atoms with van der Waals surface area (Å²) in [6, 6.07) is 8.77. The Hall–Kier alpha value is -2.25. The SMILES string of the molecule is Cc1ccc(S(=O)(=O)N2CCC(NC(=O)c3cccnc3)CC2)c(C)c1. The lowest BCUT2D eigenvalue weighted by Crippen LogP contribution is -2.46. The van der Waals surface area contributed by atoms with Gasteiger partial charge >= 0.3 is 0 Å². The molecule has 6 nitrogen and oxygen atoms in total. The minimum atomic E-state index is -3.50. The van der Waals surface area contributed by atoms with Crippen molar-refractivity contribution in [3.05, 3.63) is 59.4 Å². The summed E-state index contributed by atoms with van der Waals surface area (Å²) >= 11 is 0. The van der Waals surface area contributed by atoms with Crippen LogP contribution >= 0.6 is 0 Å². The molecule has 1 amide bonds. The number of hydrogen-bond donors (Lipinski definition) is 1. The molecule has 0 atom stereocenters. The molecule has 0 saturated carbocycles. The lowest BCUT2D eigenvalue weighted by Gasteiger charge is -2.32. The van der Waals surface area contributed by atoms with Gasteiger partial charge in [-0.05, 0) is 50.5 Å². The van der Waals surface area contributed by atoms with Crippen LogP contribution in [0.5, 0.6) is 0 Å². The molecule has 1 N–H and O–H groups in total. The van der Waals surface area contributed by atoms with E-state index in [-0.39, 0.29) is 11.9 Å². The van der Waals surface area contributed by atoms with Crippen molar-refractivity contribution in [3.63, 3.8) is 0 Å². The number of amides is 1. The number of benzene rings is 1. The molecule has 2 aromatic rings. The molecule has 0 bridgehead atoms. The summed E-state index contributed by atoms with van der Waals surface area (Å²) in [5, 5.41) is 2.97. The summed E-state index contributed by atoms with van der Waals surface area (Å²) in [6.07, 6.45) is 4.33.